The third-order valence-corrected chi connectivity index (χ3v) is 8.99. The number of hydrogen-bond acceptors (Lipinski definition) is 1. The number of alkyl halides is 1. The minimum Gasteiger partial charge on any atom is -0.253 e. The maximum absolute atomic E-state index is 6.20. The van der Waals surface area contributed by atoms with E-state index >= 15 is 0 Å². The molecule has 1 aromatic rings. The lowest BCUT2D eigenvalue weighted by Crippen LogP contribution is -2.33. The largest absolute Gasteiger partial charge is 0.253 e. The molecule has 0 N–H and O–H groups in total. The van der Waals surface area contributed by atoms with Gasteiger partial charge in [0.2, 0.25) is 0 Å². The summed E-state index contributed by atoms with van der Waals surface area (Å²) in [5.41, 5.74) is 3.21. The third kappa shape index (κ3) is 2.70. The van der Waals surface area contributed by atoms with Crippen molar-refractivity contribution in [3.05, 3.63) is 47.5 Å². The molecular weight excluding hydrogens is 382 g/mol. The summed E-state index contributed by atoms with van der Waals surface area (Å²) in [6.45, 7) is 2.37. The van der Waals surface area contributed by atoms with Crippen LogP contribution in [0.5, 0.6) is 0 Å². The summed E-state index contributed by atoms with van der Waals surface area (Å²) in [6.07, 6.45) is 13.4. The van der Waals surface area contributed by atoms with Crippen molar-refractivity contribution < 1.29 is 0 Å². The number of nitrogens with zero attached hydrogens (tertiary/aromatic N) is 1. The summed E-state index contributed by atoms with van der Waals surface area (Å²) in [6, 6.07) is 11.1. The van der Waals surface area contributed by atoms with Crippen molar-refractivity contribution in [2.75, 3.05) is 5.88 Å². The highest BCUT2D eigenvalue weighted by atomic mass is 35.5. The van der Waals surface area contributed by atoms with Gasteiger partial charge in [0.15, 0.2) is 0 Å². The molecule has 6 rings (SSSR count). The van der Waals surface area contributed by atoms with Gasteiger partial charge < -0.3 is 0 Å². The predicted molar refractivity (Wildman–Crippen MR) is 122 cm³/mol. The van der Waals surface area contributed by atoms with Crippen molar-refractivity contribution >= 4 is 35.0 Å². The van der Waals surface area contributed by atoms with Crippen LogP contribution in [0, 0.1) is 29.1 Å². The Bertz CT molecular complexity index is 822. The Morgan fingerprint density at radius 2 is 1.96 bits per heavy atom. The molecule has 0 radical (unpaired) electrons. The van der Waals surface area contributed by atoms with Crippen LogP contribution in [0.3, 0.4) is 0 Å². The Labute approximate surface area is 179 Å². The fourth-order valence-corrected chi connectivity index (χ4v) is 7.44. The number of rotatable bonds is 5. The molecule has 1 aromatic carbocycles. The van der Waals surface area contributed by atoms with Gasteiger partial charge in [-0.1, -0.05) is 74.0 Å². The van der Waals surface area contributed by atoms with Gasteiger partial charge in [0.1, 0.15) is 4.99 Å². The fourth-order valence-electron chi connectivity index (χ4n) is 6.87. The van der Waals surface area contributed by atoms with Crippen LogP contribution in [-0.4, -0.2) is 17.1 Å². The summed E-state index contributed by atoms with van der Waals surface area (Å²) in [5.74, 6) is 3.47. The first-order chi connectivity index (χ1) is 13.6. The van der Waals surface area contributed by atoms with Gasteiger partial charge in [-0.3, -0.25) is 4.99 Å². The highest BCUT2D eigenvalue weighted by Gasteiger charge is 2.71. The van der Waals surface area contributed by atoms with Crippen LogP contribution < -0.4 is 0 Å². The maximum Gasteiger partial charge on any atom is 0.113 e. The smallest absolute Gasteiger partial charge is 0.113 e. The number of aliphatic imine (C=N–C) groups is 1. The summed E-state index contributed by atoms with van der Waals surface area (Å²) in [4.78, 5) is 5.91. The van der Waals surface area contributed by atoms with Gasteiger partial charge in [-0.25, -0.2) is 0 Å². The van der Waals surface area contributed by atoms with E-state index in [0.29, 0.717) is 17.8 Å². The summed E-state index contributed by atoms with van der Waals surface area (Å²) in [7, 11) is 0. The van der Waals surface area contributed by atoms with E-state index in [4.69, 9.17) is 28.8 Å². The molecule has 5 aliphatic rings. The Kier molecular flexibility index (Phi) is 4.79. The normalized spacial score (nSPS) is 41.1. The molecule has 3 saturated carbocycles. The van der Waals surface area contributed by atoms with Crippen molar-refractivity contribution in [1.29, 1.82) is 0 Å². The summed E-state index contributed by atoms with van der Waals surface area (Å²) in [5, 5.41) is 0. The molecule has 0 amide bonds. The van der Waals surface area contributed by atoms with Gasteiger partial charge in [0.25, 0.3) is 0 Å². The molecule has 0 heterocycles. The van der Waals surface area contributed by atoms with Crippen LogP contribution in [0.2, 0.25) is 0 Å². The van der Waals surface area contributed by atoms with Crippen molar-refractivity contribution in [1.82, 2.24) is 0 Å². The highest BCUT2D eigenvalue weighted by Crippen LogP contribution is 2.75. The van der Waals surface area contributed by atoms with Crippen molar-refractivity contribution in [2.24, 2.45) is 34.1 Å². The second-order valence-corrected chi connectivity index (χ2v) is 10.5. The van der Waals surface area contributed by atoms with E-state index in [2.05, 4.69) is 49.5 Å². The Morgan fingerprint density at radius 3 is 2.68 bits per heavy atom. The summed E-state index contributed by atoms with van der Waals surface area (Å²) >= 11 is 12.2. The lowest BCUT2D eigenvalue weighted by molar-refractivity contribution is 0.316. The van der Waals surface area contributed by atoms with E-state index in [-0.39, 0.29) is 10.8 Å². The molecule has 0 aliphatic heterocycles. The topological polar surface area (TPSA) is 12.4 Å². The summed E-state index contributed by atoms with van der Waals surface area (Å²) < 4.78 is 0. The lowest BCUT2D eigenvalue weighted by atomic mass is 9.69. The van der Waals surface area contributed by atoms with Crippen molar-refractivity contribution in [3.63, 3.8) is 0 Å². The molecule has 5 aliphatic carbocycles. The Hall–Kier alpha value is -0.990. The van der Waals surface area contributed by atoms with Gasteiger partial charge in [-0.15, -0.1) is 11.6 Å². The first-order valence-electron chi connectivity index (χ1n) is 11.0. The molecule has 148 valence electrons. The molecule has 4 bridgehead atoms. The van der Waals surface area contributed by atoms with Crippen LogP contribution in [0.15, 0.2) is 47.0 Å². The van der Waals surface area contributed by atoms with Crippen LogP contribution >= 0.6 is 23.8 Å². The van der Waals surface area contributed by atoms with E-state index < -0.39 is 0 Å². The number of allylic oxidation sites excluding steroid dienone is 1. The number of benzene rings is 1. The Balaban J connectivity index is 1.42. The van der Waals surface area contributed by atoms with Gasteiger partial charge >= 0.3 is 0 Å². The van der Waals surface area contributed by atoms with Crippen LogP contribution in [0.4, 0.5) is 0 Å². The lowest BCUT2D eigenvalue weighted by Gasteiger charge is -2.35. The van der Waals surface area contributed by atoms with Gasteiger partial charge in [0, 0.05) is 22.9 Å². The second kappa shape index (κ2) is 7.06. The van der Waals surface area contributed by atoms with E-state index in [9.17, 15) is 0 Å². The van der Waals surface area contributed by atoms with Gasteiger partial charge in [0.05, 0.1) is 0 Å². The average Bonchev–Trinajstić information content (AvgIpc) is 3.41. The molecule has 3 heteroatoms. The number of halogens is 1. The highest BCUT2D eigenvalue weighted by molar-refractivity contribution is 7.80. The standard InChI is InChI=1S/C25H30ClNS/c1-17-7-9-18(10-8-17)15-27-23(28)25-14-21-20(11-12-26)22(25)13-24(21,16-25)19-5-3-2-4-6-19/h2-6,13,15,17-18,20-21H,7-12,14,16H2,1H3/b27-15+. The first-order valence-corrected chi connectivity index (χ1v) is 12.0. The minimum atomic E-state index is 0.0189. The SMILES string of the molecule is CC1CCC(/C=N/C(=S)C23CC4C(CCCl)C2=CC4(c2ccccc2)C3)CC1. The van der Waals surface area contributed by atoms with Crippen LogP contribution in [0.25, 0.3) is 0 Å². The van der Waals surface area contributed by atoms with E-state index in [1.807, 2.05) is 0 Å². The zero-order valence-corrected chi connectivity index (χ0v) is 18.3. The van der Waals surface area contributed by atoms with E-state index in [0.717, 1.165) is 29.6 Å². The first kappa shape index (κ1) is 19.0. The molecule has 0 spiro atoms. The average molecular weight is 412 g/mol. The zero-order valence-electron chi connectivity index (χ0n) is 16.7. The molecule has 0 saturated heterocycles. The van der Waals surface area contributed by atoms with E-state index in [1.165, 1.54) is 37.7 Å². The number of thiocarbonyl (C=S) groups is 1. The molecular formula is C25H30ClNS. The predicted octanol–water partition coefficient (Wildman–Crippen LogP) is 6.74. The Morgan fingerprint density at radius 1 is 1.21 bits per heavy atom. The molecule has 0 aromatic heterocycles. The fraction of sp³-hybridized carbons (Fsp3) is 0.600. The second-order valence-electron chi connectivity index (χ2n) is 9.76. The monoisotopic (exact) mass is 411 g/mol. The minimum absolute atomic E-state index is 0.0189. The zero-order chi connectivity index (χ0) is 19.4. The third-order valence-electron chi connectivity index (χ3n) is 8.28. The molecule has 28 heavy (non-hydrogen) atoms. The van der Waals surface area contributed by atoms with Gasteiger partial charge in [-0.2, -0.15) is 0 Å². The molecule has 3 fully saturated rings. The van der Waals surface area contributed by atoms with Crippen LogP contribution in [-0.2, 0) is 5.41 Å². The van der Waals surface area contributed by atoms with E-state index in [1.54, 1.807) is 5.57 Å². The van der Waals surface area contributed by atoms with Crippen molar-refractivity contribution in [2.45, 2.75) is 57.3 Å². The molecule has 1 nitrogen and oxygen atoms in total. The van der Waals surface area contributed by atoms with Crippen molar-refractivity contribution in [3.8, 4) is 0 Å². The maximum atomic E-state index is 6.20. The molecule has 4 unspecified atom stereocenters. The van der Waals surface area contributed by atoms with Gasteiger partial charge in [-0.05, 0) is 61.3 Å². The number of hydrogen-bond donors (Lipinski definition) is 0. The quantitative estimate of drug-likeness (QED) is 0.226. The molecule has 4 atom stereocenters. The van der Waals surface area contributed by atoms with Crippen LogP contribution in [0.1, 0.15) is 57.4 Å².